The average Bonchev–Trinajstić information content (AvgIpc) is 2.67. The van der Waals surface area contributed by atoms with Gasteiger partial charge in [0.1, 0.15) is 11.5 Å². The predicted molar refractivity (Wildman–Crippen MR) is 55.8 cm³/mol. The Balaban J connectivity index is 2.75. The maximum absolute atomic E-state index is 8.22. The lowest BCUT2D eigenvalue weighted by Gasteiger charge is -2.15. The van der Waals surface area contributed by atoms with Crippen molar-refractivity contribution in [1.29, 1.82) is 0 Å². The molecule has 0 bridgehead atoms. The van der Waals surface area contributed by atoms with Gasteiger partial charge in [0.15, 0.2) is 0 Å². The van der Waals surface area contributed by atoms with Gasteiger partial charge in [-0.3, -0.25) is 0 Å². The number of hydrogen-bond acceptors (Lipinski definition) is 4. The van der Waals surface area contributed by atoms with Crippen molar-refractivity contribution in [2.45, 2.75) is 20.1 Å². The molecule has 0 aromatic heterocycles. The van der Waals surface area contributed by atoms with Crippen LogP contribution in [0.5, 0.6) is 0 Å². The molecule has 16 heavy (non-hydrogen) atoms. The molecule has 86 valence electrons. The zero-order chi connectivity index (χ0) is 12.0. The van der Waals surface area contributed by atoms with Crippen molar-refractivity contribution in [3.8, 4) is 0 Å². The molecule has 0 N–H and O–H groups in total. The molecule has 0 aromatic carbocycles. The summed E-state index contributed by atoms with van der Waals surface area (Å²) in [5, 5.41) is 6.78. The maximum atomic E-state index is 8.22. The summed E-state index contributed by atoms with van der Waals surface area (Å²) in [6.07, 6.45) is -0.409. The average molecular weight is 224 g/mol. The van der Waals surface area contributed by atoms with Crippen molar-refractivity contribution in [3.63, 3.8) is 0 Å². The third-order valence-corrected chi connectivity index (χ3v) is 1.93. The summed E-state index contributed by atoms with van der Waals surface area (Å²) in [5.41, 5.74) is 16.4. The molecule has 1 rings (SSSR count). The summed E-state index contributed by atoms with van der Waals surface area (Å²) >= 11 is 0. The van der Waals surface area contributed by atoms with Gasteiger partial charge < -0.3 is 9.47 Å². The Morgan fingerprint density at radius 1 is 1.12 bits per heavy atom. The topological polar surface area (TPSA) is 116 Å². The predicted octanol–water partition coefficient (Wildman–Crippen LogP) is 2.85. The lowest BCUT2D eigenvalue weighted by molar-refractivity contribution is -0.0711. The van der Waals surface area contributed by atoms with Crippen molar-refractivity contribution in [1.82, 2.24) is 0 Å². The molecule has 0 amide bonds. The summed E-state index contributed by atoms with van der Waals surface area (Å²) in [5.74, 6) is 1.03. The van der Waals surface area contributed by atoms with Crippen LogP contribution in [0.3, 0.4) is 0 Å². The zero-order valence-corrected chi connectivity index (χ0v) is 9.07. The minimum absolute atomic E-state index is 0.0655. The first-order chi connectivity index (χ1) is 7.69. The normalized spacial score (nSPS) is 18.6. The molecule has 0 spiro atoms. The standard InChI is InChI=1S/C8H12N6O2/c1-5(2)8-15-6(3-11-13-9)7(16-8)4-12-14-10/h5,8H,3-4H2,1-2H3. The molecule has 0 saturated carbocycles. The Morgan fingerprint density at radius 2 is 1.56 bits per heavy atom. The fourth-order valence-electron chi connectivity index (χ4n) is 1.15. The number of nitrogens with zero attached hydrogens (tertiary/aromatic N) is 6. The monoisotopic (exact) mass is 224 g/mol. The number of ether oxygens (including phenoxy) is 2. The fourth-order valence-corrected chi connectivity index (χ4v) is 1.15. The second-order valence-corrected chi connectivity index (χ2v) is 3.47. The van der Waals surface area contributed by atoms with Crippen LogP contribution in [0.4, 0.5) is 0 Å². The van der Waals surface area contributed by atoms with Crippen LogP contribution < -0.4 is 0 Å². The zero-order valence-electron chi connectivity index (χ0n) is 9.07. The molecule has 1 aliphatic heterocycles. The first-order valence-corrected chi connectivity index (χ1v) is 4.76. The van der Waals surface area contributed by atoms with Crippen LogP contribution in [0.2, 0.25) is 0 Å². The van der Waals surface area contributed by atoms with Crippen LogP contribution >= 0.6 is 0 Å². The summed E-state index contributed by atoms with van der Waals surface area (Å²) in [4.78, 5) is 5.27. The molecule has 0 unspecified atom stereocenters. The van der Waals surface area contributed by atoms with Crippen LogP contribution in [0.15, 0.2) is 21.7 Å². The summed E-state index contributed by atoms with van der Waals surface area (Å²) in [6.45, 7) is 4.00. The minimum Gasteiger partial charge on any atom is -0.455 e. The van der Waals surface area contributed by atoms with Gasteiger partial charge in [0.2, 0.25) is 6.29 Å². The molecular formula is C8H12N6O2. The van der Waals surface area contributed by atoms with Crippen molar-refractivity contribution in [2.75, 3.05) is 13.1 Å². The highest BCUT2D eigenvalue weighted by Crippen LogP contribution is 2.27. The van der Waals surface area contributed by atoms with E-state index in [1.54, 1.807) is 0 Å². The Bertz CT molecular complexity index is 346. The van der Waals surface area contributed by atoms with Gasteiger partial charge in [0, 0.05) is 15.7 Å². The van der Waals surface area contributed by atoms with Gasteiger partial charge in [-0.1, -0.05) is 24.1 Å². The number of azide groups is 2. The fraction of sp³-hybridized carbons (Fsp3) is 0.750. The van der Waals surface area contributed by atoms with Gasteiger partial charge in [-0.25, -0.2) is 0 Å². The summed E-state index contributed by atoms with van der Waals surface area (Å²) in [6, 6.07) is 0. The molecule has 0 atom stereocenters. The van der Waals surface area contributed by atoms with E-state index in [1.807, 2.05) is 13.8 Å². The van der Waals surface area contributed by atoms with Gasteiger partial charge in [-0.05, 0) is 11.1 Å². The maximum Gasteiger partial charge on any atom is 0.242 e. The van der Waals surface area contributed by atoms with E-state index < -0.39 is 6.29 Å². The van der Waals surface area contributed by atoms with Crippen LogP contribution in [0.25, 0.3) is 20.9 Å². The van der Waals surface area contributed by atoms with Gasteiger partial charge in [0.05, 0.1) is 13.1 Å². The minimum atomic E-state index is -0.409. The van der Waals surface area contributed by atoms with E-state index in [9.17, 15) is 0 Å². The SMILES string of the molecule is CC(C)C1OC(CN=[N+]=[N-])=C(CN=[N+]=[N-])O1. The van der Waals surface area contributed by atoms with E-state index in [-0.39, 0.29) is 19.0 Å². The largest absolute Gasteiger partial charge is 0.455 e. The lowest BCUT2D eigenvalue weighted by atomic mass is 10.2. The number of rotatable bonds is 5. The summed E-state index contributed by atoms with van der Waals surface area (Å²) in [7, 11) is 0. The smallest absolute Gasteiger partial charge is 0.242 e. The van der Waals surface area contributed by atoms with Crippen molar-refractivity contribution < 1.29 is 9.47 Å². The highest BCUT2D eigenvalue weighted by atomic mass is 16.7. The van der Waals surface area contributed by atoms with E-state index in [4.69, 9.17) is 20.5 Å². The third-order valence-electron chi connectivity index (χ3n) is 1.93. The highest BCUT2D eigenvalue weighted by Gasteiger charge is 2.28. The second-order valence-electron chi connectivity index (χ2n) is 3.47. The Kier molecular flexibility index (Phi) is 4.32. The molecule has 8 nitrogen and oxygen atoms in total. The number of hydrogen-bond donors (Lipinski definition) is 0. The molecular weight excluding hydrogens is 212 g/mol. The summed E-state index contributed by atoms with van der Waals surface area (Å²) < 4.78 is 10.9. The molecule has 0 fully saturated rings. The van der Waals surface area contributed by atoms with Gasteiger partial charge in [-0.2, -0.15) is 0 Å². The van der Waals surface area contributed by atoms with E-state index in [2.05, 4.69) is 20.1 Å². The van der Waals surface area contributed by atoms with E-state index in [1.165, 1.54) is 0 Å². The Morgan fingerprint density at radius 3 is 1.88 bits per heavy atom. The van der Waals surface area contributed by atoms with Crippen LogP contribution in [0.1, 0.15) is 13.8 Å². The third kappa shape index (κ3) is 2.98. The van der Waals surface area contributed by atoms with Crippen molar-refractivity contribution in [3.05, 3.63) is 32.4 Å². The van der Waals surface area contributed by atoms with E-state index in [0.29, 0.717) is 11.5 Å². The van der Waals surface area contributed by atoms with Gasteiger partial charge in [0.25, 0.3) is 0 Å². The van der Waals surface area contributed by atoms with Crippen LogP contribution in [-0.4, -0.2) is 19.4 Å². The van der Waals surface area contributed by atoms with Gasteiger partial charge >= 0.3 is 0 Å². The van der Waals surface area contributed by atoms with Gasteiger partial charge in [-0.15, -0.1) is 0 Å². The van der Waals surface area contributed by atoms with Crippen molar-refractivity contribution >= 4 is 0 Å². The molecule has 1 aliphatic rings. The molecule has 0 aliphatic carbocycles. The molecule has 8 heteroatoms. The van der Waals surface area contributed by atoms with Crippen LogP contribution in [-0.2, 0) is 9.47 Å². The van der Waals surface area contributed by atoms with E-state index in [0.717, 1.165) is 0 Å². The van der Waals surface area contributed by atoms with E-state index >= 15 is 0 Å². The lowest BCUT2D eigenvalue weighted by Crippen LogP contribution is -2.17. The molecule has 0 radical (unpaired) electrons. The Hall–Kier alpha value is -2.04. The Labute approximate surface area is 92.1 Å². The first-order valence-electron chi connectivity index (χ1n) is 4.76. The van der Waals surface area contributed by atoms with Crippen LogP contribution in [0, 0.1) is 5.92 Å². The first kappa shape index (κ1) is 12.0. The molecule has 1 heterocycles. The molecule has 0 aromatic rings. The van der Waals surface area contributed by atoms with Crippen molar-refractivity contribution in [2.24, 2.45) is 16.1 Å². The highest BCUT2D eigenvalue weighted by molar-refractivity contribution is 5.09. The molecule has 0 saturated heterocycles. The second kappa shape index (κ2) is 5.75. The quantitative estimate of drug-likeness (QED) is 0.405.